The van der Waals surface area contributed by atoms with E-state index in [0.29, 0.717) is 16.9 Å². The molecule has 0 aliphatic carbocycles. The Balaban J connectivity index is 1.85. The third-order valence-electron chi connectivity index (χ3n) is 3.95. The van der Waals surface area contributed by atoms with Gasteiger partial charge in [-0.2, -0.15) is 0 Å². The monoisotopic (exact) mass is 344 g/mol. The lowest BCUT2D eigenvalue weighted by molar-refractivity contribution is -0.0483. The van der Waals surface area contributed by atoms with Gasteiger partial charge in [0.2, 0.25) is 0 Å². The SMILES string of the molecule is C[C@H]1[C@@H](O)[C@H](n2ccc3c(N)ncnc32)O[C@@H]1COP(=O)(O)O. The Hall–Kier alpha value is -1.55. The second-order valence-electron chi connectivity index (χ2n) is 5.42. The minimum absolute atomic E-state index is 0.315. The molecule has 23 heavy (non-hydrogen) atoms. The number of phosphoric acid groups is 1. The smallest absolute Gasteiger partial charge is 0.388 e. The normalized spacial score (nSPS) is 28.5. The van der Waals surface area contributed by atoms with Crippen LogP contribution in [0.1, 0.15) is 13.2 Å². The molecule has 0 unspecified atom stereocenters. The number of ether oxygens (including phenoxy) is 1. The Kier molecular flexibility index (Phi) is 4.13. The molecule has 1 saturated heterocycles. The molecule has 4 atom stereocenters. The third kappa shape index (κ3) is 3.09. The summed E-state index contributed by atoms with van der Waals surface area (Å²) in [7, 11) is -4.60. The van der Waals surface area contributed by atoms with Gasteiger partial charge in [0.1, 0.15) is 23.9 Å². The van der Waals surface area contributed by atoms with Gasteiger partial charge in [-0.25, -0.2) is 14.5 Å². The van der Waals surface area contributed by atoms with Crippen molar-refractivity contribution in [1.29, 1.82) is 0 Å². The first-order valence-electron chi connectivity index (χ1n) is 6.88. The van der Waals surface area contributed by atoms with Crippen molar-refractivity contribution in [3.05, 3.63) is 18.6 Å². The van der Waals surface area contributed by atoms with Gasteiger partial charge in [0.15, 0.2) is 6.23 Å². The molecule has 0 radical (unpaired) electrons. The largest absolute Gasteiger partial charge is 0.469 e. The number of nitrogen functional groups attached to an aromatic ring is 1. The highest BCUT2D eigenvalue weighted by Crippen LogP contribution is 2.40. The lowest BCUT2D eigenvalue weighted by Gasteiger charge is -2.17. The number of aromatic nitrogens is 3. The van der Waals surface area contributed by atoms with Gasteiger partial charge in [-0.05, 0) is 6.07 Å². The van der Waals surface area contributed by atoms with Gasteiger partial charge in [-0.15, -0.1) is 0 Å². The number of aliphatic hydroxyl groups is 1. The molecule has 0 spiro atoms. The zero-order valence-electron chi connectivity index (χ0n) is 12.2. The van der Waals surface area contributed by atoms with Gasteiger partial charge in [0.05, 0.1) is 18.1 Å². The molecule has 2 aromatic heterocycles. The molecular weight excluding hydrogens is 327 g/mol. The lowest BCUT2D eigenvalue weighted by Crippen LogP contribution is -2.25. The molecule has 2 aromatic rings. The number of aliphatic hydroxyl groups excluding tert-OH is 1. The number of hydrogen-bond donors (Lipinski definition) is 4. The van der Waals surface area contributed by atoms with Crippen LogP contribution in [0, 0.1) is 5.92 Å². The van der Waals surface area contributed by atoms with Crippen LogP contribution in [0.4, 0.5) is 5.82 Å². The first kappa shape index (κ1) is 16.3. The van der Waals surface area contributed by atoms with E-state index < -0.39 is 26.3 Å². The highest BCUT2D eigenvalue weighted by molar-refractivity contribution is 7.46. The van der Waals surface area contributed by atoms with Crippen LogP contribution in [0.15, 0.2) is 18.6 Å². The molecule has 0 saturated carbocycles. The Bertz CT molecular complexity index is 761. The summed E-state index contributed by atoms with van der Waals surface area (Å²) in [4.78, 5) is 25.6. The van der Waals surface area contributed by atoms with Gasteiger partial charge in [-0.1, -0.05) is 6.92 Å². The van der Waals surface area contributed by atoms with E-state index in [1.807, 2.05) is 0 Å². The fraction of sp³-hybridized carbons (Fsp3) is 0.500. The van der Waals surface area contributed by atoms with Gasteiger partial charge in [0, 0.05) is 12.1 Å². The molecule has 0 amide bonds. The zero-order valence-corrected chi connectivity index (χ0v) is 13.1. The summed E-state index contributed by atoms with van der Waals surface area (Å²) in [5.74, 6) is -0.0705. The summed E-state index contributed by atoms with van der Waals surface area (Å²) in [5.41, 5.74) is 6.28. The van der Waals surface area contributed by atoms with Crippen molar-refractivity contribution in [3.63, 3.8) is 0 Å². The second kappa shape index (κ2) is 5.82. The summed E-state index contributed by atoms with van der Waals surface area (Å²) < 4.78 is 22.6. The molecule has 0 bridgehead atoms. The van der Waals surface area contributed by atoms with Gasteiger partial charge < -0.3 is 29.9 Å². The summed E-state index contributed by atoms with van der Waals surface area (Å²) in [5, 5.41) is 11.0. The molecule has 1 fully saturated rings. The summed E-state index contributed by atoms with van der Waals surface area (Å²) in [6.45, 7) is 1.39. The van der Waals surface area contributed by atoms with Gasteiger partial charge >= 0.3 is 7.82 Å². The maximum absolute atomic E-state index is 10.8. The predicted molar refractivity (Wildman–Crippen MR) is 79.0 cm³/mol. The first-order valence-corrected chi connectivity index (χ1v) is 8.41. The van der Waals surface area contributed by atoms with Crippen molar-refractivity contribution in [3.8, 4) is 0 Å². The Morgan fingerprint density at radius 2 is 2.22 bits per heavy atom. The van der Waals surface area contributed by atoms with E-state index in [1.165, 1.54) is 6.33 Å². The van der Waals surface area contributed by atoms with Crippen LogP contribution in [-0.4, -0.2) is 48.2 Å². The summed E-state index contributed by atoms with van der Waals surface area (Å²) >= 11 is 0. The maximum Gasteiger partial charge on any atom is 0.469 e. The fourth-order valence-electron chi connectivity index (χ4n) is 2.65. The maximum atomic E-state index is 10.8. The van der Waals surface area contributed by atoms with E-state index in [-0.39, 0.29) is 12.5 Å². The van der Waals surface area contributed by atoms with Crippen LogP contribution in [0.5, 0.6) is 0 Å². The molecule has 11 heteroatoms. The van der Waals surface area contributed by atoms with Crippen LogP contribution in [-0.2, 0) is 13.8 Å². The van der Waals surface area contributed by atoms with Gasteiger partial charge in [-0.3, -0.25) is 4.52 Å². The fourth-order valence-corrected chi connectivity index (χ4v) is 2.99. The highest BCUT2D eigenvalue weighted by Gasteiger charge is 2.43. The molecule has 0 aromatic carbocycles. The van der Waals surface area contributed by atoms with Gasteiger partial charge in [0.25, 0.3) is 0 Å². The zero-order chi connectivity index (χ0) is 16.8. The number of anilines is 1. The van der Waals surface area contributed by atoms with E-state index in [2.05, 4.69) is 14.5 Å². The average Bonchev–Trinajstić information content (AvgIpc) is 3.01. The van der Waals surface area contributed by atoms with Crippen molar-refractivity contribution >= 4 is 24.7 Å². The molecule has 1 aliphatic rings. The first-order chi connectivity index (χ1) is 10.8. The van der Waals surface area contributed by atoms with Crippen molar-refractivity contribution < 1.29 is 28.7 Å². The third-order valence-corrected chi connectivity index (χ3v) is 4.44. The number of fused-ring (bicyclic) bond motifs is 1. The van der Waals surface area contributed by atoms with Crippen LogP contribution in [0.25, 0.3) is 11.0 Å². The van der Waals surface area contributed by atoms with Crippen LogP contribution in [0.2, 0.25) is 0 Å². The van der Waals surface area contributed by atoms with E-state index in [1.54, 1.807) is 23.8 Å². The Morgan fingerprint density at radius 3 is 2.91 bits per heavy atom. The topological polar surface area (TPSA) is 153 Å². The molecule has 10 nitrogen and oxygen atoms in total. The average molecular weight is 344 g/mol. The minimum Gasteiger partial charge on any atom is -0.388 e. The standard InChI is InChI=1S/C12H17N4O6P/c1-6-8(4-21-23(18,19)20)22-12(9(6)17)16-3-2-7-10(13)14-5-15-11(7)16/h2-3,5-6,8-9,12,17H,4H2,1H3,(H2,13,14,15)(H2,18,19,20)/t6-,8-,9-,12-/m1/s1. The number of phosphoric ester groups is 1. The van der Waals surface area contributed by atoms with E-state index in [4.69, 9.17) is 20.3 Å². The molecule has 5 N–H and O–H groups in total. The van der Waals surface area contributed by atoms with E-state index in [9.17, 15) is 9.67 Å². The number of rotatable bonds is 4. The number of nitrogens with two attached hydrogens (primary N) is 1. The minimum atomic E-state index is -4.60. The lowest BCUT2D eigenvalue weighted by atomic mass is 10.0. The molecular formula is C12H17N4O6P. The van der Waals surface area contributed by atoms with Crippen LogP contribution >= 0.6 is 7.82 Å². The van der Waals surface area contributed by atoms with Crippen molar-refractivity contribution in [2.24, 2.45) is 5.92 Å². The van der Waals surface area contributed by atoms with E-state index >= 15 is 0 Å². The Labute approximate surface area is 131 Å². The second-order valence-corrected chi connectivity index (χ2v) is 6.66. The summed E-state index contributed by atoms with van der Waals surface area (Å²) in [6, 6.07) is 1.71. The molecule has 3 heterocycles. The quantitative estimate of drug-likeness (QED) is 0.562. The van der Waals surface area contributed by atoms with Crippen molar-refractivity contribution in [2.45, 2.75) is 25.4 Å². The van der Waals surface area contributed by atoms with Crippen molar-refractivity contribution in [1.82, 2.24) is 14.5 Å². The number of nitrogens with zero attached hydrogens (tertiary/aromatic N) is 3. The number of hydrogen-bond acceptors (Lipinski definition) is 7. The van der Waals surface area contributed by atoms with Crippen LogP contribution in [0.3, 0.4) is 0 Å². The Morgan fingerprint density at radius 1 is 1.48 bits per heavy atom. The predicted octanol–water partition coefficient (Wildman–Crippen LogP) is 0.0172. The van der Waals surface area contributed by atoms with Crippen molar-refractivity contribution in [2.75, 3.05) is 12.3 Å². The highest BCUT2D eigenvalue weighted by atomic mass is 31.2. The van der Waals surface area contributed by atoms with E-state index in [0.717, 1.165) is 0 Å². The molecule has 126 valence electrons. The van der Waals surface area contributed by atoms with Crippen LogP contribution < -0.4 is 5.73 Å². The molecule has 1 aliphatic heterocycles. The summed E-state index contributed by atoms with van der Waals surface area (Å²) in [6.07, 6.45) is 0.657. The molecule has 3 rings (SSSR count).